The molecule has 1 aromatic heterocycles. The monoisotopic (exact) mass is 145 g/mol. The van der Waals surface area contributed by atoms with Crippen LogP contribution in [-0.4, -0.2) is 4.98 Å². The summed E-state index contributed by atoms with van der Waals surface area (Å²) in [5, 5.41) is 0.231. The third-order valence-corrected chi connectivity index (χ3v) is 1.19. The lowest BCUT2D eigenvalue weighted by Gasteiger charge is -1.89. The summed E-state index contributed by atoms with van der Waals surface area (Å²) in [6.45, 7) is 1.58. The maximum Gasteiger partial charge on any atom is 0.354 e. The number of aryl methyl sites for hydroxylation is 1. The Hall–Kier alpha value is -0.830. The van der Waals surface area contributed by atoms with Crippen LogP contribution in [0.1, 0.15) is 5.76 Å². The molecule has 0 atom stereocenters. The van der Waals surface area contributed by atoms with Gasteiger partial charge in [-0.1, -0.05) is 11.6 Å². The molecule has 0 radical (unpaired) electrons. The summed E-state index contributed by atoms with van der Waals surface area (Å²) in [5.74, 6) is 0.351. The molecule has 4 heteroatoms. The molecule has 0 unspecified atom stereocenters. The van der Waals surface area contributed by atoms with Crippen LogP contribution in [0.2, 0.25) is 5.15 Å². The molecule has 3 nitrogen and oxygen atoms in total. The van der Waals surface area contributed by atoms with E-state index in [-0.39, 0.29) is 5.15 Å². The highest BCUT2D eigenvalue weighted by molar-refractivity contribution is 6.29. The molecule has 0 aliphatic carbocycles. The van der Waals surface area contributed by atoms with Gasteiger partial charge in [-0.25, -0.2) is 9.78 Å². The van der Waals surface area contributed by atoms with Crippen molar-refractivity contribution in [3.05, 3.63) is 27.5 Å². The van der Waals surface area contributed by atoms with Crippen molar-refractivity contribution in [3.63, 3.8) is 0 Å². The zero-order chi connectivity index (χ0) is 6.85. The highest BCUT2D eigenvalue weighted by atomic mass is 35.5. The van der Waals surface area contributed by atoms with E-state index in [1.54, 1.807) is 6.92 Å². The van der Waals surface area contributed by atoms with Crippen LogP contribution in [0.5, 0.6) is 0 Å². The SMILES string of the molecule is Cc1oc(=O)cnc1Cl. The number of halogens is 1. The Morgan fingerprint density at radius 1 is 1.78 bits per heavy atom. The first kappa shape index (κ1) is 6.29. The van der Waals surface area contributed by atoms with Crippen LogP contribution in [0.4, 0.5) is 0 Å². The van der Waals surface area contributed by atoms with Gasteiger partial charge in [0.2, 0.25) is 0 Å². The summed E-state index contributed by atoms with van der Waals surface area (Å²) in [4.78, 5) is 13.9. The summed E-state index contributed by atoms with van der Waals surface area (Å²) in [6, 6.07) is 0. The Morgan fingerprint density at radius 3 is 2.89 bits per heavy atom. The molecule has 0 bridgehead atoms. The Balaban J connectivity index is 3.34. The molecule has 0 aromatic carbocycles. The van der Waals surface area contributed by atoms with Gasteiger partial charge in [-0.05, 0) is 6.92 Å². The van der Waals surface area contributed by atoms with Crippen molar-refractivity contribution >= 4 is 11.6 Å². The topological polar surface area (TPSA) is 43.1 Å². The third kappa shape index (κ3) is 1.29. The van der Waals surface area contributed by atoms with Crippen molar-refractivity contribution in [2.75, 3.05) is 0 Å². The second-order valence-electron chi connectivity index (χ2n) is 1.53. The summed E-state index contributed by atoms with van der Waals surface area (Å²) in [6.07, 6.45) is 1.04. The van der Waals surface area contributed by atoms with Gasteiger partial charge >= 0.3 is 5.63 Å². The lowest BCUT2D eigenvalue weighted by Crippen LogP contribution is -1.98. The van der Waals surface area contributed by atoms with Gasteiger partial charge in [0.25, 0.3) is 0 Å². The van der Waals surface area contributed by atoms with Gasteiger partial charge < -0.3 is 4.42 Å². The van der Waals surface area contributed by atoms with Gasteiger partial charge in [-0.2, -0.15) is 0 Å². The molecule has 0 aliphatic heterocycles. The van der Waals surface area contributed by atoms with Crippen molar-refractivity contribution in [3.8, 4) is 0 Å². The van der Waals surface area contributed by atoms with Crippen LogP contribution in [0.15, 0.2) is 15.4 Å². The maximum absolute atomic E-state index is 10.4. The van der Waals surface area contributed by atoms with Crippen molar-refractivity contribution in [2.24, 2.45) is 0 Å². The van der Waals surface area contributed by atoms with Gasteiger partial charge in [0.1, 0.15) is 12.0 Å². The van der Waals surface area contributed by atoms with Gasteiger partial charge in [0.15, 0.2) is 5.15 Å². The van der Waals surface area contributed by atoms with E-state index in [4.69, 9.17) is 11.6 Å². The first-order chi connectivity index (χ1) is 4.20. The minimum Gasteiger partial charge on any atom is -0.424 e. The number of rotatable bonds is 0. The molecule has 1 aromatic rings. The molecule has 0 N–H and O–H groups in total. The first-order valence-corrected chi connectivity index (χ1v) is 2.70. The molecule has 1 rings (SSSR count). The van der Waals surface area contributed by atoms with E-state index in [2.05, 4.69) is 9.40 Å². The standard InChI is InChI=1S/C5H4ClNO2/c1-3-5(6)7-2-4(8)9-3/h2H,1H3. The van der Waals surface area contributed by atoms with Crippen LogP contribution in [0.3, 0.4) is 0 Å². The largest absolute Gasteiger partial charge is 0.424 e. The Kier molecular flexibility index (Phi) is 1.53. The second kappa shape index (κ2) is 2.19. The Labute approximate surface area is 56.3 Å². The van der Waals surface area contributed by atoms with Crippen LogP contribution < -0.4 is 5.63 Å². The predicted molar refractivity (Wildman–Crippen MR) is 32.5 cm³/mol. The van der Waals surface area contributed by atoms with Crippen LogP contribution >= 0.6 is 11.6 Å². The summed E-state index contributed by atoms with van der Waals surface area (Å²) in [5.41, 5.74) is -0.475. The van der Waals surface area contributed by atoms with Crippen LogP contribution in [0.25, 0.3) is 0 Å². The van der Waals surface area contributed by atoms with Gasteiger partial charge in [-0.3, -0.25) is 0 Å². The lowest BCUT2D eigenvalue weighted by atomic mass is 10.6. The average Bonchev–Trinajstić information content (AvgIpc) is 1.80. The fourth-order valence-electron chi connectivity index (χ4n) is 0.420. The molecule has 0 saturated heterocycles. The van der Waals surface area contributed by atoms with Crippen LogP contribution in [-0.2, 0) is 0 Å². The molecule has 0 amide bonds. The number of hydrogen-bond acceptors (Lipinski definition) is 3. The van der Waals surface area contributed by atoms with E-state index >= 15 is 0 Å². The molecular weight excluding hydrogens is 142 g/mol. The quantitative estimate of drug-likeness (QED) is 0.547. The zero-order valence-corrected chi connectivity index (χ0v) is 5.47. The van der Waals surface area contributed by atoms with E-state index in [1.165, 1.54) is 0 Å². The van der Waals surface area contributed by atoms with E-state index in [0.29, 0.717) is 5.76 Å². The minimum absolute atomic E-state index is 0.231. The van der Waals surface area contributed by atoms with Gasteiger partial charge in [-0.15, -0.1) is 0 Å². The fraction of sp³-hybridized carbons (Fsp3) is 0.200. The van der Waals surface area contributed by atoms with E-state index in [1.807, 2.05) is 0 Å². The van der Waals surface area contributed by atoms with Crippen molar-refractivity contribution in [2.45, 2.75) is 6.92 Å². The van der Waals surface area contributed by atoms with Gasteiger partial charge in [0.05, 0.1) is 0 Å². The Morgan fingerprint density at radius 2 is 2.44 bits per heavy atom. The normalized spacial score (nSPS) is 9.56. The molecular formula is C5H4ClNO2. The second-order valence-corrected chi connectivity index (χ2v) is 1.88. The zero-order valence-electron chi connectivity index (χ0n) is 4.72. The number of aromatic nitrogens is 1. The van der Waals surface area contributed by atoms with E-state index in [0.717, 1.165) is 6.20 Å². The summed E-state index contributed by atoms with van der Waals surface area (Å²) >= 11 is 5.44. The fourth-order valence-corrected chi connectivity index (χ4v) is 0.507. The third-order valence-electron chi connectivity index (χ3n) is 0.828. The molecule has 0 saturated carbocycles. The molecule has 0 spiro atoms. The average molecular weight is 146 g/mol. The van der Waals surface area contributed by atoms with Crippen molar-refractivity contribution in [1.82, 2.24) is 4.98 Å². The highest BCUT2D eigenvalue weighted by Crippen LogP contribution is 2.05. The Bertz CT molecular complexity index is 268. The minimum atomic E-state index is -0.475. The van der Waals surface area contributed by atoms with Crippen LogP contribution in [0, 0.1) is 6.92 Å². The molecule has 0 aliphatic rings. The lowest BCUT2D eigenvalue weighted by molar-refractivity contribution is 0.472. The highest BCUT2D eigenvalue weighted by Gasteiger charge is 1.96. The number of hydrogen-bond donors (Lipinski definition) is 0. The maximum atomic E-state index is 10.4. The molecule has 0 fully saturated rings. The summed E-state index contributed by atoms with van der Waals surface area (Å²) in [7, 11) is 0. The van der Waals surface area contributed by atoms with Crippen molar-refractivity contribution < 1.29 is 4.42 Å². The first-order valence-electron chi connectivity index (χ1n) is 2.32. The molecule has 48 valence electrons. The van der Waals surface area contributed by atoms with E-state index in [9.17, 15) is 4.79 Å². The predicted octanol–water partition coefficient (Wildman–Crippen LogP) is 0.997. The van der Waals surface area contributed by atoms with E-state index < -0.39 is 5.63 Å². The molecule has 9 heavy (non-hydrogen) atoms. The van der Waals surface area contributed by atoms with Gasteiger partial charge in [0, 0.05) is 0 Å². The molecule has 1 heterocycles. The smallest absolute Gasteiger partial charge is 0.354 e. The summed E-state index contributed by atoms with van der Waals surface area (Å²) < 4.78 is 4.56. The van der Waals surface area contributed by atoms with Crippen molar-refractivity contribution in [1.29, 1.82) is 0 Å². The number of nitrogens with zero attached hydrogens (tertiary/aromatic N) is 1.